The standard InChI is InChI=1S/C21H13BrN4O3S2/c22-15-5-9-18-19(12-15)31-21(24-18)25(20(27)10-8-17-2-1-11-30-17)23-13-14-3-6-16(7-4-14)26(28)29/h1-13H/b10-8+,23-13+. The summed E-state index contributed by atoms with van der Waals surface area (Å²) in [6, 6.07) is 15.4. The Morgan fingerprint density at radius 3 is 2.71 bits per heavy atom. The van der Waals surface area contributed by atoms with E-state index in [4.69, 9.17) is 0 Å². The van der Waals surface area contributed by atoms with Crippen molar-refractivity contribution in [2.24, 2.45) is 5.10 Å². The first kappa shape index (κ1) is 21.0. The lowest BCUT2D eigenvalue weighted by molar-refractivity contribution is -0.384. The van der Waals surface area contributed by atoms with E-state index in [0.717, 1.165) is 19.6 Å². The van der Waals surface area contributed by atoms with Gasteiger partial charge in [-0.2, -0.15) is 10.1 Å². The number of hydrogen-bond acceptors (Lipinski definition) is 7. The van der Waals surface area contributed by atoms with E-state index in [0.29, 0.717) is 10.7 Å². The normalized spacial score (nSPS) is 11.5. The lowest BCUT2D eigenvalue weighted by Crippen LogP contribution is -2.23. The number of nitrogens with zero attached hydrogens (tertiary/aromatic N) is 4. The van der Waals surface area contributed by atoms with Gasteiger partial charge in [-0.15, -0.1) is 11.3 Å². The number of nitro benzene ring substituents is 1. The van der Waals surface area contributed by atoms with E-state index in [9.17, 15) is 14.9 Å². The number of carbonyl (C=O) groups is 1. The predicted octanol–water partition coefficient (Wildman–Crippen LogP) is 6.11. The Labute approximate surface area is 193 Å². The molecule has 4 aromatic rings. The van der Waals surface area contributed by atoms with E-state index < -0.39 is 4.92 Å². The molecule has 4 rings (SSSR count). The number of amides is 1. The summed E-state index contributed by atoms with van der Waals surface area (Å²) in [6.07, 6.45) is 4.65. The Balaban J connectivity index is 1.67. The van der Waals surface area contributed by atoms with Gasteiger partial charge < -0.3 is 0 Å². The maximum atomic E-state index is 12.9. The van der Waals surface area contributed by atoms with Crippen LogP contribution in [0.4, 0.5) is 10.8 Å². The number of aromatic nitrogens is 1. The van der Waals surface area contributed by atoms with Crippen LogP contribution in [0.5, 0.6) is 0 Å². The highest BCUT2D eigenvalue weighted by molar-refractivity contribution is 9.10. The Morgan fingerprint density at radius 1 is 1.19 bits per heavy atom. The van der Waals surface area contributed by atoms with E-state index in [1.165, 1.54) is 52.1 Å². The fourth-order valence-electron chi connectivity index (χ4n) is 2.59. The molecule has 0 saturated carbocycles. The number of hydrazone groups is 1. The third-order valence-corrected chi connectivity index (χ3v) is 6.41. The van der Waals surface area contributed by atoms with Gasteiger partial charge >= 0.3 is 0 Å². The number of halogens is 1. The largest absolute Gasteiger partial charge is 0.273 e. The number of hydrogen-bond donors (Lipinski definition) is 0. The molecule has 0 spiro atoms. The zero-order valence-corrected chi connectivity index (χ0v) is 18.9. The van der Waals surface area contributed by atoms with E-state index in [2.05, 4.69) is 26.0 Å². The molecular formula is C21H13BrN4O3S2. The molecule has 0 atom stereocenters. The molecule has 0 aliphatic heterocycles. The molecule has 0 radical (unpaired) electrons. The summed E-state index contributed by atoms with van der Waals surface area (Å²) in [6.45, 7) is 0. The van der Waals surface area contributed by atoms with Gasteiger partial charge in [0.05, 0.1) is 21.4 Å². The van der Waals surface area contributed by atoms with Crippen molar-refractivity contribution in [3.05, 3.63) is 91.1 Å². The van der Waals surface area contributed by atoms with Gasteiger partial charge in [-0.05, 0) is 53.4 Å². The zero-order chi connectivity index (χ0) is 21.8. The molecule has 0 unspecified atom stereocenters. The molecule has 2 aromatic heterocycles. The predicted molar refractivity (Wildman–Crippen MR) is 129 cm³/mol. The Morgan fingerprint density at radius 2 is 2.00 bits per heavy atom. The summed E-state index contributed by atoms with van der Waals surface area (Å²) in [5.41, 5.74) is 1.36. The van der Waals surface area contributed by atoms with Crippen molar-refractivity contribution in [1.29, 1.82) is 0 Å². The Hall–Kier alpha value is -3.21. The van der Waals surface area contributed by atoms with E-state index in [-0.39, 0.29) is 11.6 Å². The highest BCUT2D eigenvalue weighted by Crippen LogP contribution is 2.31. The van der Waals surface area contributed by atoms with Gasteiger partial charge in [-0.25, -0.2) is 4.98 Å². The first-order valence-electron chi connectivity index (χ1n) is 8.90. The van der Waals surface area contributed by atoms with Gasteiger partial charge in [0.25, 0.3) is 11.6 Å². The summed E-state index contributed by atoms with van der Waals surface area (Å²) < 4.78 is 1.83. The molecule has 154 valence electrons. The van der Waals surface area contributed by atoms with Crippen LogP contribution >= 0.6 is 38.6 Å². The van der Waals surface area contributed by atoms with Crippen molar-refractivity contribution < 1.29 is 9.72 Å². The molecule has 0 bridgehead atoms. The number of non-ortho nitro benzene ring substituents is 1. The molecule has 0 saturated heterocycles. The van der Waals surface area contributed by atoms with Gasteiger partial charge in [-0.1, -0.05) is 33.3 Å². The number of anilines is 1. The summed E-state index contributed by atoms with van der Waals surface area (Å²) in [7, 11) is 0. The van der Waals surface area contributed by atoms with E-state index >= 15 is 0 Å². The van der Waals surface area contributed by atoms with Crippen LogP contribution < -0.4 is 5.01 Å². The van der Waals surface area contributed by atoms with E-state index in [1.54, 1.807) is 18.2 Å². The quantitative estimate of drug-likeness (QED) is 0.135. The molecule has 2 aromatic carbocycles. The lowest BCUT2D eigenvalue weighted by atomic mass is 10.2. The summed E-state index contributed by atoms with van der Waals surface area (Å²) in [5, 5.41) is 18.7. The summed E-state index contributed by atoms with van der Waals surface area (Å²) >= 11 is 6.31. The summed E-state index contributed by atoms with van der Waals surface area (Å²) in [5.74, 6) is -0.357. The fourth-order valence-corrected chi connectivity index (χ4v) is 4.69. The molecule has 31 heavy (non-hydrogen) atoms. The number of nitro groups is 1. The second-order valence-electron chi connectivity index (χ2n) is 6.20. The average molecular weight is 513 g/mol. The highest BCUT2D eigenvalue weighted by atomic mass is 79.9. The molecule has 7 nitrogen and oxygen atoms in total. The maximum Gasteiger partial charge on any atom is 0.273 e. The number of fused-ring (bicyclic) bond motifs is 1. The average Bonchev–Trinajstić information content (AvgIpc) is 3.42. The van der Waals surface area contributed by atoms with Crippen LogP contribution in [0.3, 0.4) is 0 Å². The van der Waals surface area contributed by atoms with Crippen LogP contribution in [0, 0.1) is 10.1 Å². The summed E-state index contributed by atoms with van der Waals surface area (Å²) in [4.78, 5) is 28.8. The Kier molecular flexibility index (Phi) is 6.31. The molecule has 0 N–H and O–H groups in total. The van der Waals surface area contributed by atoms with E-state index in [1.807, 2.05) is 35.7 Å². The first-order chi connectivity index (χ1) is 15.0. The topological polar surface area (TPSA) is 88.7 Å². The second kappa shape index (κ2) is 9.29. The molecule has 0 aliphatic rings. The minimum absolute atomic E-state index is 0.0132. The molecule has 0 fully saturated rings. The van der Waals surface area contributed by atoms with Gasteiger partial charge in [0, 0.05) is 27.6 Å². The molecule has 2 heterocycles. The van der Waals surface area contributed by atoms with Crippen molar-refractivity contribution in [2.45, 2.75) is 0 Å². The third kappa shape index (κ3) is 5.10. The number of thiazole rings is 1. The van der Waals surface area contributed by atoms with Crippen molar-refractivity contribution in [1.82, 2.24) is 4.98 Å². The smallest absolute Gasteiger partial charge is 0.267 e. The number of benzene rings is 2. The van der Waals surface area contributed by atoms with Crippen molar-refractivity contribution in [2.75, 3.05) is 5.01 Å². The van der Waals surface area contributed by atoms with Crippen LogP contribution in [0.15, 0.2) is 75.6 Å². The van der Waals surface area contributed by atoms with Crippen molar-refractivity contribution in [3.63, 3.8) is 0 Å². The van der Waals surface area contributed by atoms with Gasteiger partial charge in [0.15, 0.2) is 0 Å². The number of thiophene rings is 1. The third-order valence-electron chi connectivity index (χ3n) is 4.09. The van der Waals surface area contributed by atoms with Crippen molar-refractivity contribution >= 4 is 77.8 Å². The zero-order valence-electron chi connectivity index (χ0n) is 15.7. The minimum Gasteiger partial charge on any atom is -0.267 e. The highest BCUT2D eigenvalue weighted by Gasteiger charge is 2.17. The fraction of sp³-hybridized carbons (Fsp3) is 0. The lowest BCUT2D eigenvalue weighted by Gasteiger charge is -2.11. The van der Waals surface area contributed by atoms with Gasteiger partial charge in [-0.3, -0.25) is 14.9 Å². The van der Waals surface area contributed by atoms with Crippen LogP contribution in [0.2, 0.25) is 0 Å². The SMILES string of the molecule is O=C(/C=C/c1cccs1)N(/N=C/c1ccc([N+](=O)[O-])cc1)c1nc2ccc(Br)cc2s1. The molecule has 1 amide bonds. The molecule has 10 heteroatoms. The first-order valence-corrected chi connectivity index (χ1v) is 11.4. The molecule has 0 aliphatic carbocycles. The second-order valence-corrected chi connectivity index (χ2v) is 9.10. The van der Waals surface area contributed by atoms with Crippen molar-refractivity contribution in [3.8, 4) is 0 Å². The van der Waals surface area contributed by atoms with Crippen LogP contribution in [0.25, 0.3) is 16.3 Å². The number of carbonyl (C=O) groups excluding carboxylic acids is 1. The minimum atomic E-state index is -0.467. The van der Waals surface area contributed by atoms with Crippen LogP contribution in [-0.4, -0.2) is 22.0 Å². The van der Waals surface area contributed by atoms with Crippen LogP contribution in [-0.2, 0) is 4.79 Å². The monoisotopic (exact) mass is 512 g/mol. The molecular weight excluding hydrogens is 500 g/mol. The maximum absolute atomic E-state index is 12.9. The Bertz CT molecular complexity index is 1300. The number of rotatable bonds is 6. The van der Waals surface area contributed by atoms with Crippen LogP contribution in [0.1, 0.15) is 10.4 Å². The van der Waals surface area contributed by atoms with Gasteiger partial charge in [0.1, 0.15) is 0 Å². The van der Waals surface area contributed by atoms with Gasteiger partial charge in [0.2, 0.25) is 5.13 Å².